The van der Waals surface area contributed by atoms with Crippen LogP contribution < -0.4 is 5.32 Å². The first kappa shape index (κ1) is 16.3. The third-order valence-electron chi connectivity index (χ3n) is 5.70. The Hall–Kier alpha value is -0.120. The van der Waals surface area contributed by atoms with Gasteiger partial charge in [0.15, 0.2) is 0 Å². The molecule has 0 aromatic rings. The van der Waals surface area contributed by atoms with Crippen LogP contribution in [0.25, 0.3) is 0 Å². The summed E-state index contributed by atoms with van der Waals surface area (Å²) in [5, 5.41) is 3.48. The third-order valence-corrected chi connectivity index (χ3v) is 5.70. The highest BCUT2D eigenvalue weighted by Crippen LogP contribution is 2.39. The van der Waals surface area contributed by atoms with E-state index in [0.717, 1.165) is 12.0 Å². The molecule has 0 amide bonds. The van der Waals surface area contributed by atoms with Crippen LogP contribution >= 0.6 is 0 Å². The second kappa shape index (κ2) is 7.24. The zero-order valence-corrected chi connectivity index (χ0v) is 14.1. The number of rotatable bonds is 5. The van der Waals surface area contributed by atoms with E-state index >= 15 is 0 Å². The van der Waals surface area contributed by atoms with Gasteiger partial charge >= 0.3 is 0 Å². The van der Waals surface area contributed by atoms with Crippen molar-refractivity contribution in [2.24, 2.45) is 11.3 Å². The van der Waals surface area contributed by atoms with Crippen LogP contribution in [0.3, 0.4) is 0 Å². The van der Waals surface area contributed by atoms with Crippen LogP contribution in [0.5, 0.6) is 0 Å². The highest BCUT2D eigenvalue weighted by atomic mass is 15.3. The third kappa shape index (κ3) is 3.96. The molecule has 0 radical (unpaired) electrons. The minimum atomic E-state index is 0.537. The molecule has 0 spiro atoms. The van der Waals surface area contributed by atoms with Crippen molar-refractivity contribution < 1.29 is 0 Å². The van der Waals surface area contributed by atoms with Crippen molar-refractivity contribution in [3.8, 4) is 0 Å². The molecule has 3 nitrogen and oxygen atoms in total. The van der Waals surface area contributed by atoms with Crippen LogP contribution in [-0.2, 0) is 0 Å². The predicted octanol–water partition coefficient (Wildman–Crippen LogP) is 2.43. The lowest BCUT2D eigenvalue weighted by atomic mass is 9.70. The van der Waals surface area contributed by atoms with E-state index in [1.807, 2.05) is 0 Å². The minimum Gasteiger partial charge on any atom is -0.319 e. The highest BCUT2D eigenvalue weighted by molar-refractivity contribution is 4.91. The molecule has 1 aliphatic heterocycles. The van der Waals surface area contributed by atoms with Crippen molar-refractivity contribution in [1.29, 1.82) is 0 Å². The Balaban J connectivity index is 1.92. The maximum atomic E-state index is 3.48. The zero-order chi connectivity index (χ0) is 14.6. The van der Waals surface area contributed by atoms with Crippen molar-refractivity contribution in [3.05, 3.63) is 0 Å². The summed E-state index contributed by atoms with van der Waals surface area (Å²) < 4.78 is 0. The van der Waals surface area contributed by atoms with Gasteiger partial charge in [0.1, 0.15) is 0 Å². The van der Waals surface area contributed by atoms with Crippen LogP contribution in [0.15, 0.2) is 0 Å². The van der Waals surface area contributed by atoms with Crippen molar-refractivity contribution in [1.82, 2.24) is 15.1 Å². The smallest absolute Gasteiger partial charge is 0.0195 e. The fraction of sp³-hybridized carbons (Fsp3) is 1.00. The lowest BCUT2D eigenvalue weighted by Crippen LogP contribution is -2.55. The number of hydrogen-bond donors (Lipinski definition) is 1. The Labute approximate surface area is 126 Å². The van der Waals surface area contributed by atoms with E-state index in [1.54, 1.807) is 0 Å². The van der Waals surface area contributed by atoms with E-state index in [2.05, 4.69) is 42.9 Å². The van der Waals surface area contributed by atoms with E-state index in [1.165, 1.54) is 65.0 Å². The molecule has 118 valence electrons. The lowest BCUT2D eigenvalue weighted by Gasteiger charge is -2.46. The molecule has 3 heteroatoms. The number of nitrogens with zero attached hydrogens (tertiary/aromatic N) is 2. The van der Waals surface area contributed by atoms with E-state index in [4.69, 9.17) is 0 Å². The van der Waals surface area contributed by atoms with Gasteiger partial charge in [0, 0.05) is 38.8 Å². The van der Waals surface area contributed by atoms with E-state index < -0.39 is 0 Å². The first-order chi connectivity index (χ1) is 9.58. The summed E-state index contributed by atoms with van der Waals surface area (Å²) in [4.78, 5) is 5.36. The number of piperazine rings is 1. The molecule has 2 rings (SSSR count). The largest absolute Gasteiger partial charge is 0.319 e. The molecule has 1 aliphatic carbocycles. The SMILES string of the molecule is CCN1CCN(CC2(CNC)CCC(C)CC2)CC1C. The maximum absolute atomic E-state index is 3.48. The maximum Gasteiger partial charge on any atom is 0.0195 e. The molecule has 2 aliphatic rings. The van der Waals surface area contributed by atoms with E-state index in [-0.39, 0.29) is 0 Å². The van der Waals surface area contributed by atoms with Gasteiger partial charge in [0.2, 0.25) is 0 Å². The molecule has 2 fully saturated rings. The summed E-state index contributed by atoms with van der Waals surface area (Å²) >= 11 is 0. The first-order valence-corrected chi connectivity index (χ1v) is 8.69. The first-order valence-electron chi connectivity index (χ1n) is 8.69. The van der Waals surface area contributed by atoms with Gasteiger partial charge in [-0.2, -0.15) is 0 Å². The molecule has 1 heterocycles. The molecule has 0 aromatic carbocycles. The van der Waals surface area contributed by atoms with Gasteiger partial charge in [-0.25, -0.2) is 0 Å². The predicted molar refractivity (Wildman–Crippen MR) is 87.1 cm³/mol. The van der Waals surface area contributed by atoms with Crippen LogP contribution in [0.2, 0.25) is 0 Å². The molecule has 0 aromatic heterocycles. The van der Waals surface area contributed by atoms with Gasteiger partial charge in [-0.1, -0.05) is 26.7 Å². The van der Waals surface area contributed by atoms with Gasteiger partial charge in [-0.15, -0.1) is 0 Å². The van der Waals surface area contributed by atoms with Gasteiger partial charge in [-0.3, -0.25) is 9.80 Å². The quantitative estimate of drug-likeness (QED) is 0.835. The average molecular weight is 281 g/mol. The van der Waals surface area contributed by atoms with Crippen LogP contribution in [0, 0.1) is 11.3 Å². The molecular formula is C17H35N3. The standard InChI is InChI=1S/C17H35N3/c1-5-20-11-10-19(12-16(20)3)14-17(13-18-4)8-6-15(2)7-9-17/h15-16,18H,5-14H2,1-4H3. The normalized spacial score (nSPS) is 37.2. The van der Waals surface area contributed by atoms with Crippen LogP contribution in [0.4, 0.5) is 0 Å². The molecular weight excluding hydrogens is 246 g/mol. The van der Waals surface area contributed by atoms with Gasteiger partial charge in [0.25, 0.3) is 0 Å². The summed E-state index contributed by atoms with van der Waals surface area (Å²) in [6.07, 6.45) is 5.67. The fourth-order valence-electron chi connectivity index (χ4n) is 4.30. The Morgan fingerprint density at radius 1 is 1.15 bits per heavy atom. The summed E-state index contributed by atoms with van der Waals surface area (Å²) in [7, 11) is 2.12. The number of hydrogen-bond acceptors (Lipinski definition) is 3. The monoisotopic (exact) mass is 281 g/mol. The molecule has 1 N–H and O–H groups in total. The number of nitrogens with one attached hydrogen (secondary N) is 1. The Bertz CT molecular complexity index is 284. The summed E-state index contributed by atoms with van der Waals surface area (Å²) in [6, 6.07) is 0.725. The van der Waals surface area contributed by atoms with Crippen molar-refractivity contribution in [2.45, 2.75) is 52.5 Å². The second-order valence-corrected chi connectivity index (χ2v) is 7.43. The number of likely N-dealkylation sites (N-methyl/N-ethyl adjacent to an activating group) is 1. The molecule has 0 bridgehead atoms. The lowest BCUT2D eigenvalue weighted by molar-refractivity contribution is 0.0333. The van der Waals surface area contributed by atoms with Crippen LogP contribution in [-0.4, -0.2) is 62.2 Å². The molecule has 20 heavy (non-hydrogen) atoms. The van der Waals surface area contributed by atoms with E-state index in [9.17, 15) is 0 Å². The van der Waals surface area contributed by atoms with Gasteiger partial charge in [-0.05, 0) is 44.7 Å². The summed E-state index contributed by atoms with van der Waals surface area (Å²) in [5.74, 6) is 0.941. The Kier molecular flexibility index (Phi) is 5.88. The van der Waals surface area contributed by atoms with E-state index in [0.29, 0.717) is 5.41 Å². The average Bonchev–Trinajstić information content (AvgIpc) is 2.43. The van der Waals surface area contributed by atoms with Gasteiger partial charge < -0.3 is 5.32 Å². The van der Waals surface area contributed by atoms with Crippen molar-refractivity contribution >= 4 is 0 Å². The van der Waals surface area contributed by atoms with Crippen LogP contribution in [0.1, 0.15) is 46.5 Å². The zero-order valence-electron chi connectivity index (χ0n) is 14.1. The van der Waals surface area contributed by atoms with Gasteiger partial charge in [0.05, 0.1) is 0 Å². The minimum absolute atomic E-state index is 0.537. The Morgan fingerprint density at radius 3 is 2.40 bits per heavy atom. The van der Waals surface area contributed by atoms with Crippen molar-refractivity contribution in [2.75, 3.05) is 46.3 Å². The summed E-state index contributed by atoms with van der Waals surface area (Å²) in [6.45, 7) is 14.6. The molecule has 1 atom stereocenters. The fourth-order valence-corrected chi connectivity index (χ4v) is 4.30. The molecule has 1 unspecified atom stereocenters. The topological polar surface area (TPSA) is 18.5 Å². The molecule has 1 saturated carbocycles. The molecule has 1 saturated heterocycles. The highest BCUT2D eigenvalue weighted by Gasteiger charge is 2.36. The summed E-state index contributed by atoms with van der Waals surface area (Å²) in [5.41, 5.74) is 0.537. The Morgan fingerprint density at radius 2 is 1.85 bits per heavy atom. The van der Waals surface area contributed by atoms with Crippen molar-refractivity contribution in [3.63, 3.8) is 0 Å². The second-order valence-electron chi connectivity index (χ2n) is 7.43.